The van der Waals surface area contributed by atoms with Crippen LogP contribution in [0.15, 0.2) is 48.7 Å². The van der Waals surface area contributed by atoms with E-state index in [1.807, 2.05) is 53.2 Å². The molecule has 1 heterocycles. The largest absolute Gasteiger partial charge is 0.399 e. The number of rotatable bonds is 6. The van der Waals surface area contributed by atoms with E-state index in [1.165, 1.54) is 0 Å². The monoisotopic (exact) mass is 359 g/mol. The maximum absolute atomic E-state index is 13.0. The molecule has 0 aliphatic rings. The van der Waals surface area contributed by atoms with Gasteiger partial charge in [0.15, 0.2) is 0 Å². The van der Waals surface area contributed by atoms with E-state index in [9.17, 15) is 8.78 Å². The number of anilines is 1. The van der Waals surface area contributed by atoms with Crippen molar-refractivity contribution >= 4 is 33.8 Å². The van der Waals surface area contributed by atoms with Gasteiger partial charge in [-0.1, -0.05) is 36.5 Å². The first-order valence-corrected chi connectivity index (χ1v) is 8.35. The van der Waals surface area contributed by atoms with Crippen molar-refractivity contribution in [3.8, 4) is 11.1 Å². The van der Waals surface area contributed by atoms with Crippen LogP contribution in [-0.2, 0) is 6.54 Å². The Kier molecular flexibility index (Phi) is 4.99. The second-order valence-corrected chi connectivity index (χ2v) is 6.53. The molecule has 130 valence electrons. The summed E-state index contributed by atoms with van der Waals surface area (Å²) >= 11 is 5.05. The van der Waals surface area contributed by atoms with Crippen molar-refractivity contribution in [2.24, 2.45) is 11.7 Å². The highest BCUT2D eigenvalue weighted by Gasteiger charge is 2.15. The molecular weight excluding hydrogens is 340 g/mol. The molecule has 1 aromatic heterocycles. The summed E-state index contributed by atoms with van der Waals surface area (Å²) in [7, 11) is 0. The maximum atomic E-state index is 13.0. The van der Waals surface area contributed by atoms with Crippen LogP contribution in [0.2, 0.25) is 0 Å². The minimum absolute atomic E-state index is 0.252. The van der Waals surface area contributed by atoms with E-state index >= 15 is 0 Å². The lowest BCUT2D eigenvalue weighted by atomic mass is 10.0. The van der Waals surface area contributed by atoms with Crippen molar-refractivity contribution in [3.05, 3.63) is 54.2 Å². The lowest BCUT2D eigenvalue weighted by Gasteiger charge is -2.11. The first kappa shape index (κ1) is 17.4. The Morgan fingerprint density at radius 3 is 2.56 bits per heavy atom. The van der Waals surface area contributed by atoms with Gasteiger partial charge in [0, 0.05) is 40.9 Å². The number of thiocarbonyl (C=S) groups is 1. The summed E-state index contributed by atoms with van der Waals surface area (Å²) in [5.41, 5.74) is 15.7. The van der Waals surface area contributed by atoms with Crippen LogP contribution < -0.4 is 11.5 Å². The Labute approximate surface area is 150 Å². The van der Waals surface area contributed by atoms with Gasteiger partial charge in [-0.15, -0.1) is 0 Å². The summed E-state index contributed by atoms with van der Waals surface area (Å²) in [6, 6.07) is 13.2. The van der Waals surface area contributed by atoms with Gasteiger partial charge in [-0.25, -0.2) is 0 Å². The number of aromatic nitrogens is 1. The van der Waals surface area contributed by atoms with E-state index in [0.29, 0.717) is 10.7 Å². The van der Waals surface area contributed by atoms with Crippen LogP contribution in [-0.4, -0.2) is 22.9 Å². The third kappa shape index (κ3) is 3.49. The Bertz CT molecular complexity index is 916. The maximum Gasteiger partial charge on any atom is 0.104 e. The van der Waals surface area contributed by atoms with E-state index in [4.69, 9.17) is 23.7 Å². The van der Waals surface area contributed by atoms with E-state index < -0.39 is 19.3 Å². The molecule has 0 saturated carbocycles. The SMILES string of the molecule is NC(=S)c1cccc(-c2cn(CC(CF)CF)c3cc(N)ccc23)c1. The van der Waals surface area contributed by atoms with Crippen LogP contribution in [0.3, 0.4) is 0 Å². The quantitative estimate of drug-likeness (QED) is 0.515. The molecule has 4 N–H and O–H groups in total. The van der Waals surface area contributed by atoms with Crippen LogP contribution in [0.5, 0.6) is 0 Å². The van der Waals surface area contributed by atoms with Gasteiger partial charge < -0.3 is 16.0 Å². The van der Waals surface area contributed by atoms with E-state index in [0.717, 1.165) is 27.6 Å². The van der Waals surface area contributed by atoms with Crippen LogP contribution in [0.4, 0.5) is 14.5 Å². The summed E-state index contributed by atoms with van der Waals surface area (Å²) in [6.45, 7) is -1.16. The van der Waals surface area contributed by atoms with Crippen LogP contribution in [0, 0.1) is 5.92 Å². The van der Waals surface area contributed by atoms with E-state index in [-0.39, 0.29) is 6.54 Å². The fourth-order valence-corrected chi connectivity index (χ4v) is 3.07. The summed E-state index contributed by atoms with van der Waals surface area (Å²) in [5, 5.41) is 0.964. The minimum atomic E-state index is -0.704. The molecule has 3 aromatic rings. The minimum Gasteiger partial charge on any atom is -0.399 e. The number of fused-ring (bicyclic) bond motifs is 1. The Morgan fingerprint density at radius 1 is 1.12 bits per heavy atom. The number of nitrogens with zero attached hydrogens (tertiary/aromatic N) is 1. The number of alkyl halides is 2. The van der Waals surface area contributed by atoms with Gasteiger partial charge in [-0.2, -0.15) is 0 Å². The zero-order chi connectivity index (χ0) is 18.0. The van der Waals surface area contributed by atoms with Crippen molar-refractivity contribution in [1.82, 2.24) is 4.57 Å². The predicted molar refractivity (Wildman–Crippen MR) is 103 cm³/mol. The zero-order valence-electron chi connectivity index (χ0n) is 13.6. The molecule has 0 fully saturated rings. The molecule has 0 bridgehead atoms. The number of nitrogens with two attached hydrogens (primary N) is 2. The topological polar surface area (TPSA) is 57.0 Å². The van der Waals surface area contributed by atoms with Gasteiger partial charge in [0.05, 0.1) is 18.9 Å². The summed E-state index contributed by atoms with van der Waals surface area (Å²) in [4.78, 5) is 0.324. The number of benzene rings is 2. The standard InChI is InChI=1S/C19H19F2N3S/c20-8-12(9-21)10-24-11-17(16-5-4-15(22)7-18(16)24)13-2-1-3-14(6-13)19(23)25/h1-7,11-12H,8-10,22H2,(H2,23,25). The van der Waals surface area contributed by atoms with Gasteiger partial charge in [0.25, 0.3) is 0 Å². The van der Waals surface area contributed by atoms with Crippen LogP contribution in [0.1, 0.15) is 5.56 Å². The van der Waals surface area contributed by atoms with Crippen molar-refractivity contribution in [2.75, 3.05) is 19.1 Å². The second kappa shape index (κ2) is 7.19. The number of nitrogen functional groups attached to an aromatic ring is 1. The molecular formula is C19H19F2N3S. The smallest absolute Gasteiger partial charge is 0.104 e. The third-order valence-electron chi connectivity index (χ3n) is 4.26. The predicted octanol–water partition coefficient (Wildman–Crippen LogP) is 4.08. The molecule has 0 aliphatic heterocycles. The lowest BCUT2D eigenvalue weighted by Crippen LogP contribution is -2.14. The first-order chi connectivity index (χ1) is 12.0. The molecule has 0 atom stereocenters. The Hall–Kier alpha value is -2.47. The Morgan fingerprint density at radius 2 is 1.88 bits per heavy atom. The number of hydrogen-bond acceptors (Lipinski definition) is 2. The first-order valence-electron chi connectivity index (χ1n) is 7.94. The van der Waals surface area contributed by atoms with E-state index in [2.05, 4.69) is 0 Å². The van der Waals surface area contributed by atoms with Gasteiger partial charge in [0.1, 0.15) is 4.99 Å². The molecule has 3 rings (SSSR count). The average Bonchev–Trinajstić information content (AvgIpc) is 2.97. The van der Waals surface area contributed by atoms with Crippen LogP contribution in [0.25, 0.3) is 22.0 Å². The lowest BCUT2D eigenvalue weighted by molar-refractivity contribution is 0.265. The molecule has 2 aromatic carbocycles. The highest BCUT2D eigenvalue weighted by Crippen LogP contribution is 2.33. The summed E-state index contributed by atoms with van der Waals surface area (Å²) in [5.74, 6) is -0.673. The van der Waals surface area contributed by atoms with E-state index in [1.54, 1.807) is 0 Å². The molecule has 0 aliphatic carbocycles. The normalized spacial score (nSPS) is 11.3. The van der Waals surface area contributed by atoms with Gasteiger partial charge in [-0.3, -0.25) is 8.78 Å². The fourth-order valence-electron chi connectivity index (χ4n) is 2.95. The van der Waals surface area contributed by atoms with Gasteiger partial charge >= 0.3 is 0 Å². The highest BCUT2D eigenvalue weighted by atomic mass is 32.1. The second-order valence-electron chi connectivity index (χ2n) is 6.09. The average molecular weight is 359 g/mol. The van der Waals surface area contributed by atoms with Crippen molar-refractivity contribution in [1.29, 1.82) is 0 Å². The highest BCUT2D eigenvalue weighted by molar-refractivity contribution is 7.80. The fraction of sp³-hybridized carbons (Fsp3) is 0.211. The number of halogens is 2. The van der Waals surface area contributed by atoms with Gasteiger partial charge in [-0.05, 0) is 23.8 Å². The molecule has 0 spiro atoms. The Balaban J connectivity index is 2.15. The number of hydrogen-bond donors (Lipinski definition) is 2. The molecule has 0 amide bonds. The third-order valence-corrected chi connectivity index (χ3v) is 4.49. The molecule has 0 saturated heterocycles. The molecule has 3 nitrogen and oxygen atoms in total. The zero-order valence-corrected chi connectivity index (χ0v) is 14.4. The van der Waals surface area contributed by atoms with Gasteiger partial charge in [0.2, 0.25) is 0 Å². The van der Waals surface area contributed by atoms with Crippen molar-refractivity contribution in [3.63, 3.8) is 0 Å². The van der Waals surface area contributed by atoms with Crippen molar-refractivity contribution < 1.29 is 8.78 Å². The van der Waals surface area contributed by atoms with Crippen molar-refractivity contribution in [2.45, 2.75) is 6.54 Å². The summed E-state index contributed by atoms with van der Waals surface area (Å²) < 4.78 is 27.8. The van der Waals surface area contributed by atoms with Crippen LogP contribution >= 0.6 is 12.2 Å². The molecule has 25 heavy (non-hydrogen) atoms. The molecule has 0 unspecified atom stereocenters. The molecule has 6 heteroatoms. The molecule has 0 radical (unpaired) electrons. The summed E-state index contributed by atoms with van der Waals surface area (Å²) in [6.07, 6.45) is 1.90.